The molecular formula is C16H20N4OS. The lowest BCUT2D eigenvalue weighted by Gasteiger charge is -2.17. The molecule has 116 valence electrons. The van der Waals surface area contributed by atoms with Crippen LogP contribution in [0.2, 0.25) is 0 Å². The summed E-state index contributed by atoms with van der Waals surface area (Å²) in [5.74, 6) is 0.657. The van der Waals surface area contributed by atoms with E-state index in [9.17, 15) is 0 Å². The summed E-state index contributed by atoms with van der Waals surface area (Å²) < 4.78 is 8.21. The first-order valence-corrected chi connectivity index (χ1v) is 7.75. The number of nitrogens with two attached hydrogens (primary N) is 1. The van der Waals surface area contributed by atoms with E-state index in [-0.39, 0.29) is 0 Å². The van der Waals surface area contributed by atoms with Gasteiger partial charge in [0.25, 0.3) is 0 Å². The van der Waals surface area contributed by atoms with Crippen LogP contribution in [0.25, 0.3) is 5.57 Å². The normalized spacial score (nSPS) is 14.1. The quantitative estimate of drug-likeness (QED) is 0.597. The van der Waals surface area contributed by atoms with Crippen LogP contribution in [0.1, 0.15) is 18.5 Å². The molecule has 0 spiro atoms. The molecule has 0 radical (unpaired) electrons. The van der Waals surface area contributed by atoms with Crippen LogP contribution in [0.3, 0.4) is 0 Å². The lowest BCUT2D eigenvalue weighted by molar-refractivity contribution is 0.413. The van der Waals surface area contributed by atoms with Crippen molar-refractivity contribution >= 4 is 30.1 Å². The van der Waals surface area contributed by atoms with Crippen molar-refractivity contribution in [2.24, 2.45) is 10.1 Å². The standard InChI is InChI=1S/C16H20N4OS/c1-11(13-6-4-12(5-7-13)9-20-22-17)16-15(18-2)8-14(21-3)10-19-16/h4,6,8,10,20H,1-2,5,7,9,17H2,3H3. The summed E-state index contributed by atoms with van der Waals surface area (Å²) in [4.78, 5) is 8.44. The molecule has 0 fully saturated rings. The second kappa shape index (κ2) is 7.93. The fourth-order valence-corrected chi connectivity index (χ4v) is 2.53. The van der Waals surface area contributed by atoms with Crippen molar-refractivity contribution in [2.45, 2.75) is 12.8 Å². The lowest BCUT2D eigenvalue weighted by atomic mass is 9.92. The summed E-state index contributed by atoms with van der Waals surface area (Å²) in [6.07, 6.45) is 7.76. The van der Waals surface area contributed by atoms with Gasteiger partial charge in [0.2, 0.25) is 0 Å². The fraction of sp³-hybridized carbons (Fsp3) is 0.250. The largest absolute Gasteiger partial charge is 0.495 e. The summed E-state index contributed by atoms with van der Waals surface area (Å²) in [7, 11) is 1.60. The van der Waals surface area contributed by atoms with Gasteiger partial charge in [-0.05, 0) is 30.7 Å². The number of hydrogen-bond acceptors (Lipinski definition) is 6. The Hall–Kier alpha value is -1.89. The number of aliphatic imine (C=N–C) groups is 1. The average Bonchev–Trinajstić information content (AvgIpc) is 2.59. The van der Waals surface area contributed by atoms with Crippen LogP contribution in [0.4, 0.5) is 5.69 Å². The molecule has 22 heavy (non-hydrogen) atoms. The number of nitrogens with zero attached hydrogens (tertiary/aromatic N) is 2. The molecule has 1 aliphatic carbocycles. The molecule has 6 heteroatoms. The predicted molar refractivity (Wildman–Crippen MR) is 94.2 cm³/mol. The molecule has 0 unspecified atom stereocenters. The van der Waals surface area contributed by atoms with Crippen molar-refractivity contribution in [3.05, 3.63) is 47.8 Å². The summed E-state index contributed by atoms with van der Waals surface area (Å²) in [5.41, 5.74) is 4.78. The molecular weight excluding hydrogens is 296 g/mol. The maximum absolute atomic E-state index is 5.37. The van der Waals surface area contributed by atoms with Gasteiger partial charge >= 0.3 is 0 Å². The van der Waals surface area contributed by atoms with Gasteiger partial charge in [-0.25, -0.2) is 4.72 Å². The highest BCUT2D eigenvalue weighted by Gasteiger charge is 2.15. The highest BCUT2D eigenvalue weighted by molar-refractivity contribution is 7.95. The first kappa shape index (κ1) is 16.5. The Kier molecular flexibility index (Phi) is 5.94. The van der Waals surface area contributed by atoms with Crippen LogP contribution in [0.15, 0.2) is 47.1 Å². The first-order chi connectivity index (χ1) is 10.7. The highest BCUT2D eigenvalue weighted by Crippen LogP contribution is 2.34. The number of rotatable bonds is 7. The Bertz CT molecular complexity index is 637. The van der Waals surface area contributed by atoms with Gasteiger partial charge in [0, 0.05) is 24.7 Å². The minimum Gasteiger partial charge on any atom is -0.495 e. The Morgan fingerprint density at radius 2 is 2.32 bits per heavy atom. The van der Waals surface area contributed by atoms with Crippen molar-refractivity contribution in [2.75, 3.05) is 13.7 Å². The number of pyridine rings is 1. The highest BCUT2D eigenvalue weighted by atomic mass is 32.2. The zero-order valence-corrected chi connectivity index (χ0v) is 13.4. The molecule has 1 aromatic rings. The second-order valence-corrected chi connectivity index (χ2v) is 5.36. The van der Waals surface area contributed by atoms with E-state index < -0.39 is 0 Å². The van der Waals surface area contributed by atoms with Crippen molar-refractivity contribution in [1.82, 2.24) is 9.71 Å². The van der Waals surface area contributed by atoms with Gasteiger partial charge < -0.3 is 4.74 Å². The van der Waals surface area contributed by atoms with E-state index in [0.29, 0.717) is 11.4 Å². The molecule has 5 nitrogen and oxygen atoms in total. The number of ether oxygens (including phenoxy) is 1. The zero-order valence-electron chi connectivity index (χ0n) is 12.6. The SMILES string of the molecule is C=Nc1cc(OC)cnc1C(=C)C1=CC=C(CNSN)CC1. The van der Waals surface area contributed by atoms with Crippen LogP contribution in [0.5, 0.6) is 5.75 Å². The summed E-state index contributed by atoms with van der Waals surface area (Å²) in [6, 6.07) is 1.81. The third kappa shape index (κ3) is 3.85. The monoisotopic (exact) mass is 316 g/mol. The Morgan fingerprint density at radius 1 is 1.50 bits per heavy atom. The van der Waals surface area contributed by atoms with Gasteiger partial charge in [-0.1, -0.05) is 24.3 Å². The number of methoxy groups -OCH3 is 1. The number of hydrogen-bond donors (Lipinski definition) is 2. The summed E-state index contributed by atoms with van der Waals surface area (Å²) >= 11 is 1.14. The predicted octanol–water partition coefficient (Wildman–Crippen LogP) is 3.19. The van der Waals surface area contributed by atoms with E-state index in [0.717, 1.165) is 48.4 Å². The maximum Gasteiger partial charge on any atom is 0.139 e. The van der Waals surface area contributed by atoms with E-state index in [2.05, 4.69) is 40.1 Å². The summed E-state index contributed by atoms with van der Waals surface area (Å²) in [5, 5.41) is 5.37. The molecule has 3 N–H and O–H groups in total. The molecule has 0 atom stereocenters. The van der Waals surface area contributed by atoms with E-state index in [1.54, 1.807) is 13.3 Å². The molecule has 0 saturated heterocycles. The van der Waals surface area contributed by atoms with E-state index in [1.807, 2.05) is 6.07 Å². The topological polar surface area (TPSA) is 72.5 Å². The van der Waals surface area contributed by atoms with Crippen LogP contribution in [0, 0.1) is 0 Å². The molecule has 1 aromatic heterocycles. The van der Waals surface area contributed by atoms with Gasteiger partial charge in [0.15, 0.2) is 0 Å². The summed E-state index contributed by atoms with van der Waals surface area (Å²) in [6.45, 7) is 8.56. The Labute approximate surface area is 135 Å². The maximum atomic E-state index is 5.37. The van der Waals surface area contributed by atoms with Gasteiger partial charge in [0.1, 0.15) is 5.75 Å². The van der Waals surface area contributed by atoms with Crippen LogP contribution in [-0.2, 0) is 0 Å². The van der Waals surface area contributed by atoms with Crippen LogP contribution < -0.4 is 14.6 Å². The van der Waals surface area contributed by atoms with Gasteiger partial charge in [-0.2, -0.15) is 0 Å². The number of nitrogens with one attached hydrogen (secondary N) is 1. The molecule has 0 bridgehead atoms. The molecule has 1 heterocycles. The molecule has 0 aromatic carbocycles. The minimum atomic E-state index is 0.657. The number of allylic oxidation sites excluding steroid dienone is 4. The van der Waals surface area contributed by atoms with E-state index >= 15 is 0 Å². The molecule has 2 rings (SSSR count). The van der Waals surface area contributed by atoms with Crippen molar-refractivity contribution in [3.8, 4) is 5.75 Å². The second-order valence-electron chi connectivity index (χ2n) is 4.84. The van der Waals surface area contributed by atoms with Crippen LogP contribution in [-0.4, -0.2) is 25.4 Å². The van der Waals surface area contributed by atoms with Crippen molar-refractivity contribution in [3.63, 3.8) is 0 Å². The smallest absolute Gasteiger partial charge is 0.139 e. The van der Waals surface area contributed by atoms with E-state index in [1.165, 1.54) is 5.57 Å². The Balaban J connectivity index is 2.20. The fourth-order valence-electron chi connectivity index (χ4n) is 2.26. The zero-order chi connectivity index (χ0) is 15.9. The van der Waals surface area contributed by atoms with Gasteiger partial charge in [-0.15, -0.1) is 0 Å². The van der Waals surface area contributed by atoms with Crippen LogP contribution >= 0.6 is 12.1 Å². The minimum absolute atomic E-state index is 0.657. The van der Waals surface area contributed by atoms with E-state index in [4.69, 9.17) is 9.88 Å². The first-order valence-electron chi connectivity index (χ1n) is 6.87. The number of aromatic nitrogens is 1. The van der Waals surface area contributed by atoms with Gasteiger partial charge in [-0.3, -0.25) is 15.1 Å². The lowest BCUT2D eigenvalue weighted by Crippen LogP contribution is -2.12. The van der Waals surface area contributed by atoms with Crippen molar-refractivity contribution < 1.29 is 4.74 Å². The Morgan fingerprint density at radius 3 is 2.91 bits per heavy atom. The molecule has 0 amide bonds. The molecule has 1 aliphatic rings. The van der Waals surface area contributed by atoms with Gasteiger partial charge in [0.05, 0.1) is 24.7 Å². The third-order valence-electron chi connectivity index (χ3n) is 3.54. The molecule has 0 saturated carbocycles. The third-order valence-corrected chi connectivity index (χ3v) is 3.85. The van der Waals surface area contributed by atoms with Crippen molar-refractivity contribution in [1.29, 1.82) is 0 Å². The average molecular weight is 316 g/mol. The molecule has 0 aliphatic heterocycles.